The minimum absolute atomic E-state index is 0. The van der Waals surface area contributed by atoms with Gasteiger partial charge in [0.05, 0.1) is 5.56 Å². The molecular weight excluding hydrogens is 190 g/mol. The van der Waals surface area contributed by atoms with Crippen molar-refractivity contribution in [2.45, 2.75) is 0 Å². The molecule has 0 radical (unpaired) electrons. The van der Waals surface area contributed by atoms with Gasteiger partial charge in [-0.15, -0.1) is 12.4 Å². The van der Waals surface area contributed by atoms with E-state index in [1.165, 1.54) is 0 Å². The van der Waals surface area contributed by atoms with Crippen LogP contribution in [0.4, 0.5) is 0 Å². The number of hydrogen-bond acceptors (Lipinski definition) is 2. The maximum absolute atomic E-state index is 10.9. The van der Waals surface area contributed by atoms with Crippen LogP contribution in [0, 0.1) is 0 Å². The summed E-state index contributed by atoms with van der Waals surface area (Å²) in [6.45, 7) is 0. The van der Waals surface area contributed by atoms with Crippen molar-refractivity contribution in [2.75, 3.05) is 0 Å². The monoisotopic (exact) mass is 197 g/mol. The Morgan fingerprint density at radius 1 is 1.54 bits per heavy atom. The van der Waals surface area contributed by atoms with E-state index in [0.717, 1.165) is 10.9 Å². The first kappa shape index (κ1) is 9.54. The summed E-state index contributed by atoms with van der Waals surface area (Å²) >= 11 is 0. The van der Waals surface area contributed by atoms with Crippen molar-refractivity contribution < 1.29 is 4.79 Å². The summed E-state index contributed by atoms with van der Waals surface area (Å²) in [6.07, 6.45) is 4.87. The second-order valence-electron chi connectivity index (χ2n) is 2.49. The zero-order chi connectivity index (χ0) is 8.55. The van der Waals surface area contributed by atoms with E-state index >= 15 is 0 Å². The molecular formula is C8H8ClN3O. The minimum Gasteiger partial charge on any atom is -0.366 e. The predicted molar refractivity (Wildman–Crippen MR) is 51.9 cm³/mol. The van der Waals surface area contributed by atoms with Crippen molar-refractivity contribution in [3.8, 4) is 0 Å². The molecule has 0 spiro atoms. The minimum atomic E-state index is -0.436. The molecule has 2 heterocycles. The van der Waals surface area contributed by atoms with Crippen LogP contribution in [-0.2, 0) is 0 Å². The Morgan fingerprint density at radius 2 is 2.31 bits per heavy atom. The number of amides is 1. The summed E-state index contributed by atoms with van der Waals surface area (Å²) in [6, 6.07) is 1.79. The van der Waals surface area contributed by atoms with E-state index in [0.29, 0.717) is 5.56 Å². The molecule has 13 heavy (non-hydrogen) atoms. The number of carbonyl (C=O) groups is 1. The van der Waals surface area contributed by atoms with Gasteiger partial charge in [-0.05, 0) is 6.07 Å². The lowest BCUT2D eigenvalue weighted by molar-refractivity contribution is 0.100. The van der Waals surface area contributed by atoms with E-state index in [-0.39, 0.29) is 12.4 Å². The summed E-state index contributed by atoms with van der Waals surface area (Å²) in [4.78, 5) is 17.7. The zero-order valence-corrected chi connectivity index (χ0v) is 7.47. The topological polar surface area (TPSA) is 71.8 Å². The fourth-order valence-corrected chi connectivity index (χ4v) is 1.17. The standard InChI is InChI=1S/C8H7N3O.ClH/c9-8(12)6-4-11-7-1-2-10-3-5(6)7;/h1-4,11H,(H2,9,12);1H. The molecule has 0 atom stereocenters. The highest BCUT2D eigenvalue weighted by atomic mass is 35.5. The predicted octanol–water partition coefficient (Wildman–Crippen LogP) is 1.08. The molecule has 0 aliphatic rings. The quantitative estimate of drug-likeness (QED) is 0.718. The molecule has 0 aliphatic carbocycles. The molecule has 0 aliphatic heterocycles. The molecule has 1 amide bonds. The highest BCUT2D eigenvalue weighted by Gasteiger charge is 2.06. The first-order valence-electron chi connectivity index (χ1n) is 3.50. The van der Waals surface area contributed by atoms with E-state index in [9.17, 15) is 4.79 Å². The molecule has 0 saturated carbocycles. The summed E-state index contributed by atoms with van der Waals surface area (Å²) in [7, 11) is 0. The van der Waals surface area contributed by atoms with Gasteiger partial charge in [0.15, 0.2) is 0 Å². The molecule has 2 aromatic rings. The lowest BCUT2D eigenvalue weighted by Crippen LogP contribution is -2.09. The molecule has 5 heteroatoms. The normalized spacial score (nSPS) is 9.54. The Bertz CT molecular complexity index is 438. The van der Waals surface area contributed by atoms with Crippen molar-refractivity contribution >= 4 is 29.2 Å². The summed E-state index contributed by atoms with van der Waals surface area (Å²) in [5.74, 6) is -0.436. The molecule has 0 bridgehead atoms. The fraction of sp³-hybridized carbons (Fsp3) is 0. The van der Waals surface area contributed by atoms with Crippen molar-refractivity contribution in [3.63, 3.8) is 0 Å². The highest BCUT2D eigenvalue weighted by molar-refractivity contribution is 6.05. The number of nitrogens with zero attached hydrogens (tertiary/aromatic N) is 1. The Kier molecular flexibility index (Phi) is 2.53. The number of H-pyrrole nitrogens is 1. The first-order chi connectivity index (χ1) is 5.79. The van der Waals surface area contributed by atoms with E-state index in [4.69, 9.17) is 5.73 Å². The van der Waals surface area contributed by atoms with Crippen LogP contribution in [0.2, 0.25) is 0 Å². The number of rotatable bonds is 1. The number of aromatic amines is 1. The summed E-state index contributed by atoms with van der Waals surface area (Å²) in [5, 5.41) is 0.769. The van der Waals surface area contributed by atoms with E-state index in [1.807, 2.05) is 0 Å². The van der Waals surface area contributed by atoms with Gasteiger partial charge in [-0.25, -0.2) is 0 Å². The van der Waals surface area contributed by atoms with Gasteiger partial charge in [0, 0.05) is 29.5 Å². The maximum Gasteiger partial charge on any atom is 0.250 e. The van der Waals surface area contributed by atoms with Crippen molar-refractivity contribution in [2.24, 2.45) is 5.73 Å². The molecule has 2 rings (SSSR count). The van der Waals surface area contributed by atoms with Crippen molar-refractivity contribution in [1.29, 1.82) is 0 Å². The maximum atomic E-state index is 10.9. The van der Waals surface area contributed by atoms with Crippen LogP contribution >= 0.6 is 12.4 Å². The van der Waals surface area contributed by atoms with Crippen LogP contribution in [0.1, 0.15) is 10.4 Å². The molecule has 4 nitrogen and oxygen atoms in total. The number of hydrogen-bond donors (Lipinski definition) is 2. The Balaban J connectivity index is 0.000000845. The lowest BCUT2D eigenvalue weighted by atomic mass is 10.2. The number of halogens is 1. The number of fused-ring (bicyclic) bond motifs is 1. The third-order valence-electron chi connectivity index (χ3n) is 1.75. The Labute approximate surface area is 80.6 Å². The number of carbonyl (C=O) groups excluding carboxylic acids is 1. The number of pyridine rings is 1. The highest BCUT2D eigenvalue weighted by Crippen LogP contribution is 2.15. The van der Waals surface area contributed by atoms with Crippen LogP contribution in [0.5, 0.6) is 0 Å². The Morgan fingerprint density at radius 3 is 3.00 bits per heavy atom. The van der Waals surface area contributed by atoms with Crippen LogP contribution in [0.25, 0.3) is 10.9 Å². The lowest BCUT2D eigenvalue weighted by Gasteiger charge is -1.89. The second-order valence-corrected chi connectivity index (χ2v) is 2.49. The van der Waals surface area contributed by atoms with Gasteiger partial charge in [0.2, 0.25) is 0 Å². The third kappa shape index (κ3) is 1.48. The molecule has 0 aromatic carbocycles. The van der Waals surface area contributed by atoms with Crippen molar-refractivity contribution in [3.05, 3.63) is 30.2 Å². The largest absolute Gasteiger partial charge is 0.366 e. The number of primary amides is 1. The first-order valence-corrected chi connectivity index (χ1v) is 3.50. The summed E-state index contributed by atoms with van der Waals surface area (Å²) < 4.78 is 0. The SMILES string of the molecule is Cl.NC(=O)c1c[nH]c2ccncc12. The van der Waals surface area contributed by atoms with Gasteiger partial charge in [-0.2, -0.15) is 0 Å². The average Bonchev–Trinajstić information content (AvgIpc) is 2.47. The van der Waals surface area contributed by atoms with Gasteiger partial charge in [-0.1, -0.05) is 0 Å². The molecule has 0 unspecified atom stereocenters. The number of nitrogens with two attached hydrogens (primary N) is 1. The molecule has 68 valence electrons. The molecule has 0 fully saturated rings. The van der Waals surface area contributed by atoms with Crippen molar-refractivity contribution in [1.82, 2.24) is 9.97 Å². The van der Waals surface area contributed by atoms with Gasteiger partial charge >= 0.3 is 0 Å². The van der Waals surface area contributed by atoms with Gasteiger partial charge in [0.1, 0.15) is 0 Å². The van der Waals surface area contributed by atoms with Crippen LogP contribution in [0.15, 0.2) is 24.7 Å². The number of nitrogens with one attached hydrogen (secondary N) is 1. The molecule has 2 aromatic heterocycles. The van der Waals surface area contributed by atoms with Crippen LogP contribution in [-0.4, -0.2) is 15.9 Å². The summed E-state index contributed by atoms with van der Waals surface area (Å²) in [5.41, 5.74) is 6.50. The van der Waals surface area contributed by atoms with E-state index in [2.05, 4.69) is 9.97 Å². The molecule has 3 N–H and O–H groups in total. The fourth-order valence-electron chi connectivity index (χ4n) is 1.17. The van der Waals surface area contributed by atoms with Gasteiger partial charge in [0.25, 0.3) is 5.91 Å². The van der Waals surface area contributed by atoms with Crippen LogP contribution < -0.4 is 5.73 Å². The average molecular weight is 198 g/mol. The number of aromatic nitrogens is 2. The van der Waals surface area contributed by atoms with Gasteiger partial charge in [-0.3, -0.25) is 9.78 Å². The third-order valence-corrected chi connectivity index (χ3v) is 1.75. The van der Waals surface area contributed by atoms with Gasteiger partial charge < -0.3 is 10.7 Å². The smallest absolute Gasteiger partial charge is 0.250 e. The van der Waals surface area contributed by atoms with E-state index < -0.39 is 5.91 Å². The second kappa shape index (κ2) is 3.45. The van der Waals surface area contributed by atoms with E-state index in [1.54, 1.807) is 24.7 Å². The van der Waals surface area contributed by atoms with Crippen LogP contribution in [0.3, 0.4) is 0 Å². The Hall–Kier alpha value is -1.55. The zero-order valence-electron chi connectivity index (χ0n) is 6.65. The molecule has 0 saturated heterocycles.